The molecule has 122 valence electrons. The van der Waals surface area contributed by atoms with Gasteiger partial charge in [-0.3, -0.25) is 4.90 Å². The monoisotopic (exact) mass is 293 g/mol. The molecule has 3 rings (SSSR count). The van der Waals surface area contributed by atoms with Gasteiger partial charge in [-0.1, -0.05) is 32.6 Å². The van der Waals surface area contributed by atoms with Crippen molar-refractivity contribution in [2.45, 2.75) is 64.3 Å². The Labute approximate surface area is 131 Å². The Morgan fingerprint density at radius 1 is 1.00 bits per heavy atom. The van der Waals surface area contributed by atoms with E-state index in [0.29, 0.717) is 5.41 Å². The van der Waals surface area contributed by atoms with E-state index in [2.05, 4.69) is 16.7 Å². The third-order valence-electron chi connectivity index (χ3n) is 6.43. The van der Waals surface area contributed by atoms with Crippen molar-refractivity contribution in [3.05, 3.63) is 0 Å². The molecule has 3 heteroatoms. The number of nitrogens with two attached hydrogens (primary N) is 1. The quantitative estimate of drug-likeness (QED) is 0.865. The van der Waals surface area contributed by atoms with Gasteiger partial charge in [0, 0.05) is 38.8 Å². The molecule has 1 aliphatic heterocycles. The predicted octanol–water partition coefficient (Wildman–Crippen LogP) is 2.70. The Morgan fingerprint density at radius 3 is 2.33 bits per heavy atom. The van der Waals surface area contributed by atoms with Gasteiger partial charge in [-0.2, -0.15) is 0 Å². The molecule has 1 saturated heterocycles. The minimum atomic E-state index is 0.424. The zero-order valence-corrected chi connectivity index (χ0v) is 14.0. The lowest BCUT2D eigenvalue weighted by atomic mass is 9.69. The maximum Gasteiger partial charge on any atom is 0.0113 e. The molecule has 2 atom stereocenters. The van der Waals surface area contributed by atoms with E-state index in [1.54, 1.807) is 0 Å². The van der Waals surface area contributed by atoms with Crippen molar-refractivity contribution in [2.24, 2.45) is 17.1 Å². The highest BCUT2D eigenvalue weighted by Gasteiger charge is 2.36. The van der Waals surface area contributed by atoms with Crippen molar-refractivity contribution in [1.82, 2.24) is 9.80 Å². The second-order valence-corrected chi connectivity index (χ2v) is 8.16. The van der Waals surface area contributed by atoms with E-state index in [1.807, 2.05) is 0 Å². The fraction of sp³-hybridized carbons (Fsp3) is 1.00. The van der Waals surface area contributed by atoms with Crippen LogP contribution >= 0.6 is 0 Å². The summed E-state index contributed by atoms with van der Waals surface area (Å²) in [5, 5.41) is 0. The van der Waals surface area contributed by atoms with Gasteiger partial charge >= 0.3 is 0 Å². The second kappa shape index (κ2) is 6.97. The topological polar surface area (TPSA) is 32.5 Å². The Morgan fingerprint density at radius 2 is 1.71 bits per heavy atom. The molecule has 21 heavy (non-hydrogen) atoms. The van der Waals surface area contributed by atoms with Gasteiger partial charge in [0.05, 0.1) is 0 Å². The average molecular weight is 293 g/mol. The van der Waals surface area contributed by atoms with Gasteiger partial charge < -0.3 is 10.6 Å². The molecule has 3 aliphatic rings. The lowest BCUT2D eigenvalue weighted by Gasteiger charge is -2.45. The summed E-state index contributed by atoms with van der Waals surface area (Å²) < 4.78 is 0. The summed E-state index contributed by atoms with van der Waals surface area (Å²) >= 11 is 0. The predicted molar refractivity (Wildman–Crippen MR) is 89.4 cm³/mol. The SMILES string of the molecule is CC1CCCC(CN)(CN2CCN(C3CCCC3)CC2)C1. The molecule has 1 heterocycles. The smallest absolute Gasteiger partial charge is 0.0113 e. The van der Waals surface area contributed by atoms with Crippen LogP contribution in [0.5, 0.6) is 0 Å². The van der Waals surface area contributed by atoms with Gasteiger partial charge in [0.15, 0.2) is 0 Å². The lowest BCUT2D eigenvalue weighted by Crippen LogP contribution is -2.54. The molecule has 2 aliphatic carbocycles. The standard InChI is InChI=1S/C18H35N3/c1-16-5-4-8-18(13-16,14-19)15-20-9-11-21(12-10-20)17-6-2-3-7-17/h16-17H,2-15,19H2,1H3. The molecule has 2 unspecified atom stereocenters. The molecular weight excluding hydrogens is 258 g/mol. The highest BCUT2D eigenvalue weighted by molar-refractivity contribution is 4.91. The average Bonchev–Trinajstić information content (AvgIpc) is 3.02. The van der Waals surface area contributed by atoms with Crippen molar-refractivity contribution >= 4 is 0 Å². The summed E-state index contributed by atoms with van der Waals surface area (Å²) in [7, 11) is 0. The van der Waals surface area contributed by atoms with Crippen LogP contribution < -0.4 is 5.73 Å². The van der Waals surface area contributed by atoms with Crippen LogP contribution in [0.3, 0.4) is 0 Å². The number of hydrogen-bond donors (Lipinski definition) is 1. The number of piperazine rings is 1. The Kier molecular flexibility index (Phi) is 5.23. The largest absolute Gasteiger partial charge is 0.330 e. The van der Waals surface area contributed by atoms with Crippen LogP contribution in [0.25, 0.3) is 0 Å². The van der Waals surface area contributed by atoms with E-state index in [0.717, 1.165) is 18.5 Å². The van der Waals surface area contributed by atoms with Crippen molar-refractivity contribution in [2.75, 3.05) is 39.3 Å². The summed E-state index contributed by atoms with van der Waals surface area (Å²) in [6, 6.07) is 0.908. The maximum atomic E-state index is 6.21. The molecule has 3 fully saturated rings. The van der Waals surface area contributed by atoms with E-state index in [-0.39, 0.29) is 0 Å². The van der Waals surface area contributed by atoms with Crippen molar-refractivity contribution in [3.8, 4) is 0 Å². The first kappa shape index (κ1) is 15.8. The van der Waals surface area contributed by atoms with Gasteiger partial charge in [0.25, 0.3) is 0 Å². The molecule has 0 aromatic rings. The van der Waals surface area contributed by atoms with Crippen LogP contribution in [0, 0.1) is 11.3 Å². The third-order valence-corrected chi connectivity index (χ3v) is 6.43. The van der Waals surface area contributed by atoms with E-state index >= 15 is 0 Å². The number of rotatable bonds is 4. The Balaban J connectivity index is 1.49. The minimum absolute atomic E-state index is 0.424. The number of hydrogen-bond acceptors (Lipinski definition) is 3. The zero-order chi connectivity index (χ0) is 14.7. The summed E-state index contributed by atoms with van der Waals surface area (Å²) in [6.07, 6.45) is 11.3. The number of nitrogens with zero attached hydrogens (tertiary/aromatic N) is 2. The van der Waals surface area contributed by atoms with E-state index in [4.69, 9.17) is 5.73 Å². The Hall–Kier alpha value is -0.120. The summed E-state index contributed by atoms with van der Waals surface area (Å²) in [6.45, 7) is 9.69. The van der Waals surface area contributed by atoms with Crippen LogP contribution in [-0.2, 0) is 0 Å². The Bertz CT molecular complexity index is 318. The first-order valence-corrected chi connectivity index (χ1v) is 9.37. The van der Waals surface area contributed by atoms with Crippen LogP contribution in [0.15, 0.2) is 0 Å². The van der Waals surface area contributed by atoms with Crippen LogP contribution in [0.2, 0.25) is 0 Å². The lowest BCUT2D eigenvalue weighted by molar-refractivity contribution is 0.0421. The highest BCUT2D eigenvalue weighted by atomic mass is 15.3. The van der Waals surface area contributed by atoms with Crippen molar-refractivity contribution in [3.63, 3.8) is 0 Å². The fourth-order valence-electron chi connectivity index (χ4n) is 5.19. The third kappa shape index (κ3) is 3.80. The van der Waals surface area contributed by atoms with Crippen LogP contribution in [0.1, 0.15) is 58.3 Å². The molecule has 0 spiro atoms. The second-order valence-electron chi connectivity index (χ2n) is 8.16. The maximum absolute atomic E-state index is 6.21. The van der Waals surface area contributed by atoms with Gasteiger partial charge in [-0.25, -0.2) is 0 Å². The molecule has 0 radical (unpaired) electrons. The van der Waals surface area contributed by atoms with E-state index in [9.17, 15) is 0 Å². The molecule has 2 N–H and O–H groups in total. The highest BCUT2D eigenvalue weighted by Crippen LogP contribution is 2.39. The molecule has 0 bridgehead atoms. The first-order chi connectivity index (χ1) is 10.2. The minimum Gasteiger partial charge on any atom is -0.330 e. The van der Waals surface area contributed by atoms with E-state index in [1.165, 1.54) is 84.1 Å². The van der Waals surface area contributed by atoms with Crippen molar-refractivity contribution < 1.29 is 0 Å². The summed E-state index contributed by atoms with van der Waals surface area (Å²) in [5.41, 5.74) is 6.63. The normalized spacial score (nSPS) is 37.1. The first-order valence-electron chi connectivity index (χ1n) is 9.37. The molecule has 0 aromatic heterocycles. The van der Waals surface area contributed by atoms with Gasteiger partial charge in [0.1, 0.15) is 0 Å². The zero-order valence-electron chi connectivity index (χ0n) is 14.0. The molecule has 3 nitrogen and oxygen atoms in total. The fourth-order valence-corrected chi connectivity index (χ4v) is 5.19. The molecule has 2 saturated carbocycles. The summed E-state index contributed by atoms with van der Waals surface area (Å²) in [4.78, 5) is 5.48. The van der Waals surface area contributed by atoms with Gasteiger partial charge in [-0.05, 0) is 43.6 Å². The van der Waals surface area contributed by atoms with Crippen molar-refractivity contribution in [1.29, 1.82) is 0 Å². The van der Waals surface area contributed by atoms with Gasteiger partial charge in [-0.15, -0.1) is 0 Å². The van der Waals surface area contributed by atoms with E-state index < -0.39 is 0 Å². The molecular formula is C18H35N3. The summed E-state index contributed by atoms with van der Waals surface area (Å²) in [5.74, 6) is 0.877. The molecule has 0 amide bonds. The van der Waals surface area contributed by atoms with Crippen LogP contribution in [0.4, 0.5) is 0 Å². The molecule has 0 aromatic carbocycles. The van der Waals surface area contributed by atoms with Gasteiger partial charge in [0.2, 0.25) is 0 Å². The van der Waals surface area contributed by atoms with Crippen LogP contribution in [-0.4, -0.2) is 55.1 Å².